The molecule has 0 amide bonds. The first-order valence-electron chi connectivity index (χ1n) is 8.66. The van der Waals surface area contributed by atoms with Gasteiger partial charge in [-0.1, -0.05) is 18.2 Å². The van der Waals surface area contributed by atoms with Crippen LogP contribution < -0.4 is 9.80 Å². The minimum atomic E-state index is -0.0979. The highest BCUT2D eigenvalue weighted by Crippen LogP contribution is 2.34. The van der Waals surface area contributed by atoms with Gasteiger partial charge in [-0.05, 0) is 25.5 Å². The first kappa shape index (κ1) is 16.4. The van der Waals surface area contributed by atoms with E-state index in [4.69, 9.17) is 0 Å². The number of benzene rings is 1. The van der Waals surface area contributed by atoms with Crippen molar-refractivity contribution < 1.29 is 9.29 Å². The molecule has 0 bridgehead atoms. The lowest BCUT2D eigenvalue weighted by Crippen LogP contribution is -3.13. The van der Waals surface area contributed by atoms with Crippen LogP contribution in [-0.2, 0) is 6.54 Å². The fraction of sp³-hybridized carbons (Fsp3) is 0.368. The molecule has 1 aliphatic heterocycles. The fourth-order valence-corrected chi connectivity index (χ4v) is 4.52. The van der Waals surface area contributed by atoms with E-state index in [9.17, 15) is 4.39 Å². The number of rotatable bonds is 3. The minimum absolute atomic E-state index is 0.0979. The standard InChI is InChI=1S/C19H21FN4S/c1-13-14(2)25-19-17(13)18(21-12-22-19)24-9-7-23(8-10-24)11-15-5-3-4-6-16(15)20/h3-6,12H,7-11H2,1-2H3/p+1. The van der Waals surface area contributed by atoms with Gasteiger partial charge in [0.25, 0.3) is 0 Å². The van der Waals surface area contributed by atoms with E-state index in [2.05, 4.69) is 28.7 Å². The van der Waals surface area contributed by atoms with Crippen LogP contribution in [0.5, 0.6) is 0 Å². The minimum Gasteiger partial charge on any atom is -0.345 e. The Labute approximate surface area is 150 Å². The molecule has 3 heterocycles. The maximum atomic E-state index is 13.9. The number of fused-ring (bicyclic) bond motifs is 1. The SMILES string of the molecule is Cc1sc2ncnc(N3CC[NH+](Cc4ccccc4F)CC3)c2c1C. The number of quaternary nitrogens is 1. The molecular formula is C19H22FN4S+. The normalized spacial score (nSPS) is 15.9. The maximum Gasteiger partial charge on any atom is 0.141 e. The van der Waals surface area contributed by atoms with Gasteiger partial charge in [-0.3, -0.25) is 0 Å². The van der Waals surface area contributed by atoms with Gasteiger partial charge in [0, 0.05) is 10.4 Å². The second-order valence-electron chi connectivity index (χ2n) is 6.67. The molecule has 0 saturated carbocycles. The molecule has 1 N–H and O–H groups in total. The zero-order valence-corrected chi connectivity index (χ0v) is 15.4. The highest BCUT2D eigenvalue weighted by molar-refractivity contribution is 7.18. The molecule has 0 aliphatic carbocycles. The van der Waals surface area contributed by atoms with E-state index in [1.807, 2.05) is 12.1 Å². The Bertz CT molecular complexity index is 900. The van der Waals surface area contributed by atoms with Crippen molar-refractivity contribution in [2.45, 2.75) is 20.4 Å². The van der Waals surface area contributed by atoms with Gasteiger partial charge in [0.05, 0.1) is 31.6 Å². The van der Waals surface area contributed by atoms with Crippen LogP contribution in [0.1, 0.15) is 16.0 Å². The highest BCUT2D eigenvalue weighted by atomic mass is 32.1. The lowest BCUT2D eigenvalue weighted by molar-refractivity contribution is -0.914. The van der Waals surface area contributed by atoms with E-state index in [1.165, 1.54) is 20.7 Å². The number of aryl methyl sites for hydroxylation is 2. The lowest BCUT2D eigenvalue weighted by Gasteiger charge is -2.33. The highest BCUT2D eigenvalue weighted by Gasteiger charge is 2.24. The van der Waals surface area contributed by atoms with Crippen LogP contribution in [0.4, 0.5) is 10.2 Å². The van der Waals surface area contributed by atoms with Crippen LogP contribution in [0, 0.1) is 19.7 Å². The van der Waals surface area contributed by atoms with E-state index in [0.29, 0.717) is 0 Å². The molecule has 6 heteroatoms. The molecule has 0 atom stereocenters. The van der Waals surface area contributed by atoms with Crippen molar-refractivity contribution >= 4 is 27.4 Å². The quantitative estimate of drug-likeness (QED) is 0.781. The van der Waals surface area contributed by atoms with Crippen LogP contribution in [-0.4, -0.2) is 36.1 Å². The molecule has 130 valence electrons. The average Bonchev–Trinajstić information content (AvgIpc) is 2.92. The molecular weight excluding hydrogens is 335 g/mol. The number of anilines is 1. The van der Waals surface area contributed by atoms with E-state index < -0.39 is 0 Å². The Hall–Kier alpha value is -2.05. The topological polar surface area (TPSA) is 33.5 Å². The van der Waals surface area contributed by atoms with Crippen LogP contribution in [0.15, 0.2) is 30.6 Å². The van der Waals surface area contributed by atoms with Crippen molar-refractivity contribution in [3.63, 3.8) is 0 Å². The zero-order valence-electron chi connectivity index (χ0n) is 14.6. The molecule has 4 rings (SSSR count). The fourth-order valence-electron chi connectivity index (χ4n) is 3.53. The van der Waals surface area contributed by atoms with Gasteiger partial charge < -0.3 is 9.80 Å². The predicted octanol–water partition coefficient (Wildman–Crippen LogP) is 2.35. The van der Waals surface area contributed by atoms with Crippen LogP contribution in [0.2, 0.25) is 0 Å². The molecule has 1 fully saturated rings. The maximum absolute atomic E-state index is 13.9. The van der Waals surface area contributed by atoms with Crippen molar-refractivity contribution in [2.24, 2.45) is 0 Å². The summed E-state index contributed by atoms with van der Waals surface area (Å²) in [4.78, 5) is 15.2. The van der Waals surface area contributed by atoms with Gasteiger partial charge >= 0.3 is 0 Å². The van der Waals surface area contributed by atoms with Crippen LogP contribution in [0.25, 0.3) is 10.2 Å². The number of hydrogen-bond donors (Lipinski definition) is 1. The Morgan fingerprint density at radius 2 is 1.92 bits per heavy atom. The Morgan fingerprint density at radius 1 is 1.16 bits per heavy atom. The summed E-state index contributed by atoms with van der Waals surface area (Å²) >= 11 is 1.74. The molecule has 1 saturated heterocycles. The molecule has 0 radical (unpaired) electrons. The number of aromatic nitrogens is 2. The lowest BCUT2D eigenvalue weighted by atomic mass is 10.1. The molecule has 25 heavy (non-hydrogen) atoms. The zero-order chi connectivity index (χ0) is 17.4. The number of hydrogen-bond acceptors (Lipinski definition) is 4. The Morgan fingerprint density at radius 3 is 2.68 bits per heavy atom. The smallest absolute Gasteiger partial charge is 0.141 e. The number of halogens is 1. The largest absolute Gasteiger partial charge is 0.345 e. The van der Waals surface area contributed by atoms with E-state index >= 15 is 0 Å². The summed E-state index contributed by atoms with van der Waals surface area (Å²) in [5.74, 6) is 0.955. The predicted molar refractivity (Wildman–Crippen MR) is 99.9 cm³/mol. The Kier molecular flexibility index (Phi) is 4.39. The van der Waals surface area contributed by atoms with Crippen molar-refractivity contribution in [3.05, 3.63) is 52.4 Å². The molecule has 3 aromatic rings. The van der Waals surface area contributed by atoms with Gasteiger partial charge in [-0.2, -0.15) is 0 Å². The first-order valence-corrected chi connectivity index (χ1v) is 9.47. The molecule has 0 unspecified atom stereocenters. The molecule has 2 aromatic heterocycles. The summed E-state index contributed by atoms with van der Waals surface area (Å²) in [5.41, 5.74) is 2.09. The molecule has 1 aliphatic rings. The van der Waals surface area contributed by atoms with Crippen molar-refractivity contribution in [3.8, 4) is 0 Å². The summed E-state index contributed by atoms with van der Waals surface area (Å²) in [6.07, 6.45) is 1.67. The van der Waals surface area contributed by atoms with Gasteiger partial charge in [-0.25, -0.2) is 14.4 Å². The molecule has 4 nitrogen and oxygen atoms in total. The van der Waals surface area contributed by atoms with Crippen LogP contribution in [0.3, 0.4) is 0 Å². The number of nitrogens with one attached hydrogen (secondary N) is 1. The van der Waals surface area contributed by atoms with Gasteiger partial charge in [-0.15, -0.1) is 11.3 Å². The second kappa shape index (κ2) is 6.69. The summed E-state index contributed by atoms with van der Waals surface area (Å²) in [5, 5.41) is 1.20. The first-order chi connectivity index (χ1) is 12.1. The summed E-state index contributed by atoms with van der Waals surface area (Å²) < 4.78 is 13.9. The third-order valence-corrected chi connectivity index (χ3v) is 6.23. The second-order valence-corrected chi connectivity index (χ2v) is 7.87. The number of thiophene rings is 1. The summed E-state index contributed by atoms with van der Waals surface area (Å²) in [6, 6.07) is 7.09. The molecule has 0 spiro atoms. The summed E-state index contributed by atoms with van der Waals surface area (Å²) in [7, 11) is 0. The van der Waals surface area contributed by atoms with Crippen LogP contribution >= 0.6 is 11.3 Å². The monoisotopic (exact) mass is 357 g/mol. The third kappa shape index (κ3) is 3.12. The summed E-state index contributed by atoms with van der Waals surface area (Å²) in [6.45, 7) is 8.89. The van der Waals surface area contributed by atoms with Crippen molar-refractivity contribution in [1.29, 1.82) is 0 Å². The third-order valence-electron chi connectivity index (χ3n) is 5.11. The van der Waals surface area contributed by atoms with Gasteiger partial charge in [0.15, 0.2) is 0 Å². The average molecular weight is 357 g/mol. The number of nitrogens with zero attached hydrogens (tertiary/aromatic N) is 3. The van der Waals surface area contributed by atoms with E-state index in [1.54, 1.807) is 29.8 Å². The van der Waals surface area contributed by atoms with E-state index in [0.717, 1.165) is 48.9 Å². The Balaban J connectivity index is 1.50. The van der Waals surface area contributed by atoms with Gasteiger partial charge in [0.1, 0.15) is 29.3 Å². The van der Waals surface area contributed by atoms with E-state index in [-0.39, 0.29) is 5.82 Å². The van der Waals surface area contributed by atoms with Crippen molar-refractivity contribution in [2.75, 3.05) is 31.1 Å². The number of piperazine rings is 1. The van der Waals surface area contributed by atoms with Gasteiger partial charge in [0.2, 0.25) is 0 Å². The molecule has 1 aromatic carbocycles. The van der Waals surface area contributed by atoms with Crippen molar-refractivity contribution in [1.82, 2.24) is 9.97 Å².